The molecule has 1 aliphatic rings. The van der Waals surface area contributed by atoms with E-state index in [4.69, 9.17) is 14.6 Å². The minimum atomic E-state index is -0.955. The Balaban J connectivity index is 2.28. The summed E-state index contributed by atoms with van der Waals surface area (Å²) in [6, 6.07) is -0.565. The molecule has 1 aliphatic heterocycles. The quantitative estimate of drug-likeness (QED) is 0.541. The number of ether oxygens (including phenoxy) is 2. The average molecular weight is 274 g/mol. The highest BCUT2D eigenvalue weighted by molar-refractivity contribution is 5.86. The Labute approximate surface area is 112 Å². The number of hydrogen-bond acceptors (Lipinski definition) is 5. The van der Waals surface area contributed by atoms with Crippen LogP contribution in [0.3, 0.4) is 0 Å². The molecule has 0 aromatic carbocycles. The van der Waals surface area contributed by atoms with Crippen LogP contribution < -0.4 is 5.32 Å². The molecular formula is C12H22N2O5. The Hall–Kier alpha value is -1.18. The molecule has 1 heterocycles. The van der Waals surface area contributed by atoms with E-state index in [1.807, 2.05) is 4.90 Å². The van der Waals surface area contributed by atoms with Gasteiger partial charge in [-0.15, -0.1) is 0 Å². The third kappa shape index (κ3) is 6.00. The van der Waals surface area contributed by atoms with E-state index >= 15 is 0 Å². The average Bonchev–Trinajstić information content (AvgIpc) is 2.37. The van der Waals surface area contributed by atoms with Crippen molar-refractivity contribution in [3.05, 3.63) is 0 Å². The summed E-state index contributed by atoms with van der Waals surface area (Å²) >= 11 is 0. The third-order valence-electron chi connectivity index (χ3n) is 2.98. The Bertz CT molecular complexity index is 298. The number of piperazine rings is 1. The molecule has 0 aromatic rings. The maximum absolute atomic E-state index is 11.7. The molecular weight excluding hydrogens is 252 g/mol. The molecule has 0 saturated carbocycles. The van der Waals surface area contributed by atoms with Gasteiger partial charge in [0.25, 0.3) is 0 Å². The second-order valence-corrected chi connectivity index (χ2v) is 4.40. The summed E-state index contributed by atoms with van der Waals surface area (Å²) in [6.07, 6.45) is 0.615. The van der Waals surface area contributed by atoms with E-state index in [-0.39, 0.29) is 12.3 Å². The van der Waals surface area contributed by atoms with Gasteiger partial charge in [-0.05, 0) is 6.42 Å². The molecule has 19 heavy (non-hydrogen) atoms. The highest BCUT2D eigenvalue weighted by Gasteiger charge is 2.30. The van der Waals surface area contributed by atoms with E-state index < -0.39 is 12.0 Å². The van der Waals surface area contributed by atoms with Crippen molar-refractivity contribution >= 4 is 11.9 Å². The first-order valence-corrected chi connectivity index (χ1v) is 6.45. The summed E-state index contributed by atoms with van der Waals surface area (Å²) in [5.41, 5.74) is 0. The minimum Gasteiger partial charge on any atom is -0.481 e. The molecule has 2 N–H and O–H groups in total. The second-order valence-electron chi connectivity index (χ2n) is 4.40. The predicted molar refractivity (Wildman–Crippen MR) is 67.9 cm³/mol. The number of hydrogen-bond donors (Lipinski definition) is 2. The predicted octanol–water partition coefficient (Wildman–Crippen LogP) is -0.685. The lowest BCUT2D eigenvalue weighted by Crippen LogP contribution is -2.56. The number of nitrogens with zero attached hydrogens (tertiary/aromatic N) is 1. The first-order chi connectivity index (χ1) is 9.15. The molecule has 1 saturated heterocycles. The van der Waals surface area contributed by atoms with E-state index in [0.717, 1.165) is 6.42 Å². The Morgan fingerprint density at radius 1 is 1.47 bits per heavy atom. The maximum Gasteiger partial charge on any atom is 0.305 e. The van der Waals surface area contributed by atoms with Crippen LogP contribution in [0, 0.1) is 0 Å². The number of nitrogens with one attached hydrogen (secondary N) is 1. The molecule has 1 unspecified atom stereocenters. The maximum atomic E-state index is 11.7. The number of methoxy groups -OCH3 is 1. The van der Waals surface area contributed by atoms with Crippen molar-refractivity contribution in [3.8, 4) is 0 Å². The monoisotopic (exact) mass is 274 g/mol. The van der Waals surface area contributed by atoms with Crippen molar-refractivity contribution in [2.45, 2.75) is 18.9 Å². The largest absolute Gasteiger partial charge is 0.481 e. The van der Waals surface area contributed by atoms with E-state index in [2.05, 4.69) is 5.32 Å². The van der Waals surface area contributed by atoms with E-state index in [0.29, 0.717) is 39.5 Å². The SMILES string of the molecule is COCCOCCCN1CCNC(=O)C1CC(=O)O. The molecule has 7 nitrogen and oxygen atoms in total. The van der Waals surface area contributed by atoms with E-state index in [1.165, 1.54) is 0 Å². The lowest BCUT2D eigenvalue weighted by molar-refractivity contribution is -0.143. The summed E-state index contributed by atoms with van der Waals surface area (Å²) in [7, 11) is 1.62. The fourth-order valence-electron chi connectivity index (χ4n) is 2.03. The van der Waals surface area contributed by atoms with Crippen LogP contribution in [0.5, 0.6) is 0 Å². The fourth-order valence-corrected chi connectivity index (χ4v) is 2.03. The Kier molecular flexibility index (Phi) is 7.39. The molecule has 1 amide bonds. The zero-order valence-electron chi connectivity index (χ0n) is 11.3. The summed E-state index contributed by atoms with van der Waals surface area (Å²) in [5, 5.41) is 11.5. The molecule has 110 valence electrons. The molecule has 0 aromatic heterocycles. The van der Waals surface area contributed by atoms with Crippen LogP contribution in [0.1, 0.15) is 12.8 Å². The Morgan fingerprint density at radius 2 is 2.26 bits per heavy atom. The number of rotatable bonds is 9. The summed E-state index contributed by atoms with van der Waals surface area (Å²) in [4.78, 5) is 24.3. The van der Waals surface area contributed by atoms with Gasteiger partial charge in [-0.3, -0.25) is 14.5 Å². The van der Waals surface area contributed by atoms with E-state index in [9.17, 15) is 9.59 Å². The van der Waals surface area contributed by atoms with Crippen molar-refractivity contribution in [1.82, 2.24) is 10.2 Å². The second kappa shape index (κ2) is 8.84. The van der Waals surface area contributed by atoms with Gasteiger partial charge in [0.05, 0.1) is 25.7 Å². The van der Waals surface area contributed by atoms with Gasteiger partial charge in [0.1, 0.15) is 0 Å². The van der Waals surface area contributed by atoms with Crippen molar-refractivity contribution in [2.24, 2.45) is 0 Å². The van der Waals surface area contributed by atoms with Crippen LogP contribution in [0.15, 0.2) is 0 Å². The highest BCUT2D eigenvalue weighted by atomic mass is 16.5. The first-order valence-electron chi connectivity index (χ1n) is 6.45. The van der Waals surface area contributed by atoms with Gasteiger partial charge in [-0.25, -0.2) is 0 Å². The fraction of sp³-hybridized carbons (Fsp3) is 0.833. The van der Waals surface area contributed by atoms with Gasteiger partial charge in [0, 0.05) is 33.4 Å². The van der Waals surface area contributed by atoms with Crippen molar-refractivity contribution < 1.29 is 24.2 Å². The molecule has 1 fully saturated rings. The zero-order valence-corrected chi connectivity index (χ0v) is 11.3. The molecule has 1 rings (SSSR count). The third-order valence-corrected chi connectivity index (χ3v) is 2.98. The van der Waals surface area contributed by atoms with Crippen LogP contribution >= 0.6 is 0 Å². The van der Waals surface area contributed by atoms with Gasteiger partial charge in [0.15, 0.2) is 0 Å². The number of carboxylic acids is 1. The lowest BCUT2D eigenvalue weighted by atomic mass is 10.1. The van der Waals surface area contributed by atoms with E-state index in [1.54, 1.807) is 7.11 Å². The summed E-state index contributed by atoms with van der Waals surface area (Å²) in [5.74, 6) is -1.16. The van der Waals surface area contributed by atoms with Gasteiger partial charge in [0.2, 0.25) is 5.91 Å². The van der Waals surface area contributed by atoms with Crippen LogP contribution in [0.2, 0.25) is 0 Å². The molecule has 0 bridgehead atoms. The number of aliphatic carboxylic acids is 1. The summed E-state index contributed by atoms with van der Waals surface area (Å²) < 4.78 is 10.2. The van der Waals surface area contributed by atoms with Crippen LogP contribution in [0.25, 0.3) is 0 Å². The lowest BCUT2D eigenvalue weighted by Gasteiger charge is -2.34. The standard InChI is InChI=1S/C12H22N2O5/c1-18-7-8-19-6-2-4-14-5-3-13-12(17)10(14)9-11(15)16/h10H,2-9H2,1H3,(H,13,17)(H,15,16). The molecule has 0 radical (unpaired) electrons. The van der Waals surface area contributed by atoms with Crippen molar-refractivity contribution in [2.75, 3.05) is 46.6 Å². The molecule has 0 spiro atoms. The summed E-state index contributed by atoms with van der Waals surface area (Å²) in [6.45, 7) is 3.62. The highest BCUT2D eigenvalue weighted by Crippen LogP contribution is 2.09. The number of amides is 1. The number of carbonyl (C=O) groups excluding carboxylic acids is 1. The smallest absolute Gasteiger partial charge is 0.305 e. The normalized spacial score (nSPS) is 20.3. The zero-order chi connectivity index (χ0) is 14.1. The molecule has 1 atom stereocenters. The van der Waals surface area contributed by atoms with Gasteiger partial charge in [-0.1, -0.05) is 0 Å². The van der Waals surface area contributed by atoms with Crippen molar-refractivity contribution in [1.29, 1.82) is 0 Å². The van der Waals surface area contributed by atoms with Crippen molar-refractivity contribution in [3.63, 3.8) is 0 Å². The molecule has 7 heteroatoms. The van der Waals surface area contributed by atoms with Crippen LogP contribution in [-0.2, 0) is 19.1 Å². The van der Waals surface area contributed by atoms with Gasteiger partial charge >= 0.3 is 5.97 Å². The number of carbonyl (C=O) groups is 2. The number of carboxylic acid groups (broad SMARTS) is 1. The topological polar surface area (TPSA) is 88.1 Å². The van der Waals surface area contributed by atoms with Crippen LogP contribution in [0.4, 0.5) is 0 Å². The minimum absolute atomic E-state index is 0.156. The van der Waals surface area contributed by atoms with Gasteiger partial charge < -0.3 is 19.9 Å². The Morgan fingerprint density at radius 3 is 2.95 bits per heavy atom. The molecule has 0 aliphatic carbocycles. The van der Waals surface area contributed by atoms with Gasteiger partial charge in [-0.2, -0.15) is 0 Å². The first kappa shape index (κ1) is 15.9. The van der Waals surface area contributed by atoms with Crippen LogP contribution in [-0.4, -0.2) is 74.5 Å².